The van der Waals surface area contributed by atoms with Crippen LogP contribution in [0.3, 0.4) is 0 Å². The zero-order chi connectivity index (χ0) is 12.7. The van der Waals surface area contributed by atoms with E-state index in [1.165, 1.54) is 11.8 Å². The van der Waals surface area contributed by atoms with E-state index in [1.807, 2.05) is 0 Å². The van der Waals surface area contributed by atoms with E-state index < -0.39 is 5.97 Å². The molecule has 6 heteroatoms. The summed E-state index contributed by atoms with van der Waals surface area (Å²) in [5.74, 6) is -0.0126. The lowest BCUT2D eigenvalue weighted by molar-refractivity contribution is -0.136. The van der Waals surface area contributed by atoms with Crippen LogP contribution in [0, 0.1) is 0 Å². The highest BCUT2D eigenvalue weighted by atomic mass is 32.2. The summed E-state index contributed by atoms with van der Waals surface area (Å²) in [5, 5.41) is 11.2. The molecule has 0 fully saturated rings. The predicted molar refractivity (Wildman–Crippen MR) is 64.7 cm³/mol. The Kier molecular flexibility index (Phi) is 5.62. The van der Waals surface area contributed by atoms with Crippen LogP contribution in [-0.2, 0) is 16.1 Å². The highest BCUT2D eigenvalue weighted by Gasteiger charge is 2.10. The molecule has 1 amide bonds. The average molecular weight is 257 g/mol. The van der Waals surface area contributed by atoms with Crippen molar-refractivity contribution in [3.05, 3.63) is 24.2 Å². The second-order valence-electron chi connectivity index (χ2n) is 3.58. The van der Waals surface area contributed by atoms with E-state index in [2.05, 4.69) is 5.32 Å². The van der Waals surface area contributed by atoms with Gasteiger partial charge in [0, 0.05) is 5.25 Å². The van der Waals surface area contributed by atoms with E-state index in [4.69, 9.17) is 9.52 Å². The lowest BCUT2D eigenvalue weighted by Gasteiger charge is -2.08. The van der Waals surface area contributed by atoms with E-state index >= 15 is 0 Å². The van der Waals surface area contributed by atoms with Gasteiger partial charge in [-0.3, -0.25) is 9.59 Å². The number of carboxylic acid groups (broad SMARTS) is 1. The summed E-state index contributed by atoms with van der Waals surface area (Å²) in [6.07, 6.45) is 1.61. The fourth-order valence-electron chi connectivity index (χ4n) is 1.17. The molecule has 0 bridgehead atoms. The third-order valence-corrected chi connectivity index (χ3v) is 3.17. The molecule has 2 N–H and O–H groups in total. The summed E-state index contributed by atoms with van der Waals surface area (Å²) in [6, 6.07) is 3.53. The van der Waals surface area contributed by atoms with Gasteiger partial charge in [0.25, 0.3) is 0 Å². The van der Waals surface area contributed by atoms with Crippen molar-refractivity contribution >= 4 is 23.6 Å². The fraction of sp³-hybridized carbons (Fsp3) is 0.455. The first kappa shape index (κ1) is 13.6. The zero-order valence-electron chi connectivity index (χ0n) is 9.51. The van der Waals surface area contributed by atoms with E-state index in [0.29, 0.717) is 12.3 Å². The molecular weight excluding hydrogens is 242 g/mol. The van der Waals surface area contributed by atoms with Crippen LogP contribution in [0.5, 0.6) is 0 Å². The van der Waals surface area contributed by atoms with Crippen molar-refractivity contribution in [2.45, 2.75) is 25.1 Å². The molecule has 0 saturated heterocycles. The van der Waals surface area contributed by atoms with Gasteiger partial charge in [-0.15, -0.1) is 11.8 Å². The Morgan fingerprint density at radius 1 is 1.59 bits per heavy atom. The van der Waals surface area contributed by atoms with Crippen molar-refractivity contribution in [1.82, 2.24) is 5.32 Å². The molecule has 1 unspecified atom stereocenters. The Morgan fingerprint density at radius 3 is 2.94 bits per heavy atom. The number of hydrogen-bond acceptors (Lipinski definition) is 4. The number of nitrogens with one attached hydrogen (secondary N) is 1. The molecule has 0 aliphatic rings. The maximum Gasteiger partial charge on any atom is 0.304 e. The summed E-state index contributed by atoms with van der Waals surface area (Å²) < 4.78 is 5.06. The van der Waals surface area contributed by atoms with E-state index in [0.717, 1.165) is 0 Å². The van der Waals surface area contributed by atoms with Crippen LogP contribution >= 0.6 is 11.8 Å². The maximum absolute atomic E-state index is 11.4. The molecule has 1 rings (SSSR count). The number of rotatable bonds is 7. The van der Waals surface area contributed by atoms with Crippen molar-refractivity contribution in [3.8, 4) is 0 Å². The Balaban J connectivity index is 2.15. The van der Waals surface area contributed by atoms with E-state index in [9.17, 15) is 9.59 Å². The van der Waals surface area contributed by atoms with Crippen molar-refractivity contribution < 1.29 is 19.1 Å². The number of thioether (sulfide) groups is 1. The van der Waals surface area contributed by atoms with Gasteiger partial charge in [0.15, 0.2) is 0 Å². The number of amides is 1. The lowest BCUT2D eigenvalue weighted by atomic mass is 10.3. The Labute approximate surface area is 104 Å². The van der Waals surface area contributed by atoms with Gasteiger partial charge in [-0.05, 0) is 12.1 Å². The minimum atomic E-state index is -0.846. The number of carboxylic acids is 1. The van der Waals surface area contributed by atoms with Gasteiger partial charge in [0.05, 0.1) is 25.0 Å². The normalized spacial score (nSPS) is 12.1. The Bertz CT molecular complexity index is 364. The molecule has 1 heterocycles. The van der Waals surface area contributed by atoms with Crippen LogP contribution < -0.4 is 5.32 Å². The molecule has 0 aromatic carbocycles. The second-order valence-corrected chi connectivity index (χ2v) is 5.00. The number of carbonyl (C=O) groups excluding carboxylic acids is 1. The summed E-state index contributed by atoms with van der Waals surface area (Å²) in [4.78, 5) is 21.8. The monoisotopic (exact) mass is 257 g/mol. The molecule has 17 heavy (non-hydrogen) atoms. The van der Waals surface area contributed by atoms with Crippen molar-refractivity contribution in [3.63, 3.8) is 0 Å². The van der Waals surface area contributed by atoms with Crippen LogP contribution in [0.1, 0.15) is 19.1 Å². The molecule has 1 atom stereocenters. The molecule has 0 spiro atoms. The SMILES string of the molecule is CC(CC(=O)O)SCC(=O)NCc1ccco1. The third-order valence-electron chi connectivity index (χ3n) is 2.00. The molecule has 1 aromatic rings. The number of aliphatic carboxylic acids is 1. The molecular formula is C11H15NO4S. The van der Waals surface area contributed by atoms with E-state index in [-0.39, 0.29) is 23.3 Å². The van der Waals surface area contributed by atoms with Gasteiger partial charge in [-0.2, -0.15) is 0 Å². The smallest absolute Gasteiger partial charge is 0.304 e. The van der Waals surface area contributed by atoms with Crippen LogP contribution in [0.4, 0.5) is 0 Å². The Morgan fingerprint density at radius 2 is 2.35 bits per heavy atom. The molecule has 94 valence electrons. The van der Waals surface area contributed by atoms with Crippen LogP contribution in [0.2, 0.25) is 0 Å². The van der Waals surface area contributed by atoms with Crippen LogP contribution in [0.15, 0.2) is 22.8 Å². The molecule has 0 radical (unpaired) electrons. The minimum Gasteiger partial charge on any atom is -0.481 e. The van der Waals surface area contributed by atoms with Gasteiger partial charge in [0.1, 0.15) is 5.76 Å². The largest absolute Gasteiger partial charge is 0.481 e. The van der Waals surface area contributed by atoms with Crippen LogP contribution in [0.25, 0.3) is 0 Å². The number of carbonyl (C=O) groups is 2. The summed E-state index contributed by atoms with van der Waals surface area (Å²) in [7, 11) is 0. The van der Waals surface area contributed by atoms with E-state index in [1.54, 1.807) is 25.3 Å². The number of hydrogen-bond donors (Lipinski definition) is 2. The highest BCUT2D eigenvalue weighted by molar-refractivity contribution is 8.00. The predicted octanol–water partition coefficient (Wildman–Crippen LogP) is 1.49. The van der Waals surface area contributed by atoms with Crippen LogP contribution in [-0.4, -0.2) is 28.0 Å². The summed E-state index contributed by atoms with van der Waals surface area (Å²) >= 11 is 1.33. The molecule has 1 aromatic heterocycles. The maximum atomic E-state index is 11.4. The van der Waals surface area contributed by atoms with Crippen molar-refractivity contribution in [1.29, 1.82) is 0 Å². The van der Waals surface area contributed by atoms with Crippen molar-refractivity contribution in [2.75, 3.05) is 5.75 Å². The summed E-state index contributed by atoms with van der Waals surface area (Å²) in [5.41, 5.74) is 0. The molecule has 0 saturated carbocycles. The number of furan rings is 1. The fourth-order valence-corrected chi connectivity index (χ4v) is 1.97. The quantitative estimate of drug-likeness (QED) is 0.773. The third kappa shape index (κ3) is 6.01. The first-order chi connectivity index (χ1) is 8.08. The van der Waals surface area contributed by atoms with Gasteiger partial charge in [-0.25, -0.2) is 0 Å². The summed E-state index contributed by atoms with van der Waals surface area (Å²) in [6.45, 7) is 2.15. The molecule has 0 aliphatic carbocycles. The van der Waals surface area contributed by atoms with Gasteiger partial charge >= 0.3 is 5.97 Å². The average Bonchev–Trinajstić information content (AvgIpc) is 2.75. The molecule has 5 nitrogen and oxygen atoms in total. The highest BCUT2D eigenvalue weighted by Crippen LogP contribution is 2.13. The Hall–Kier alpha value is -1.43. The van der Waals surface area contributed by atoms with Gasteiger partial charge < -0.3 is 14.8 Å². The lowest BCUT2D eigenvalue weighted by Crippen LogP contribution is -2.25. The first-order valence-corrected chi connectivity index (χ1v) is 6.25. The topological polar surface area (TPSA) is 79.5 Å². The van der Waals surface area contributed by atoms with Crippen molar-refractivity contribution in [2.24, 2.45) is 0 Å². The second kappa shape index (κ2) is 7.01. The first-order valence-electron chi connectivity index (χ1n) is 5.20. The zero-order valence-corrected chi connectivity index (χ0v) is 10.3. The minimum absolute atomic E-state index is 0.0656. The van der Waals surface area contributed by atoms with Gasteiger partial charge in [-0.1, -0.05) is 6.92 Å². The standard InChI is InChI=1S/C11H15NO4S/c1-8(5-11(14)15)17-7-10(13)12-6-9-3-2-4-16-9/h2-4,8H,5-7H2,1H3,(H,12,13)(H,14,15). The van der Waals surface area contributed by atoms with Gasteiger partial charge in [0.2, 0.25) is 5.91 Å². The molecule has 0 aliphatic heterocycles.